The van der Waals surface area contributed by atoms with E-state index in [4.69, 9.17) is 14.0 Å². The van der Waals surface area contributed by atoms with E-state index in [1.165, 1.54) is 0 Å². The molecule has 0 unspecified atom stereocenters. The summed E-state index contributed by atoms with van der Waals surface area (Å²) in [4.78, 5) is 12.7. The summed E-state index contributed by atoms with van der Waals surface area (Å²) in [5, 5.41) is 7.11. The number of carbonyl (C=O) groups excluding carboxylic acids is 1. The van der Waals surface area contributed by atoms with Gasteiger partial charge >= 0.3 is 0 Å². The van der Waals surface area contributed by atoms with Gasteiger partial charge < -0.3 is 19.3 Å². The molecule has 1 aliphatic heterocycles. The molecule has 2 aliphatic rings. The highest BCUT2D eigenvalue weighted by molar-refractivity contribution is 5.94. The lowest BCUT2D eigenvalue weighted by atomic mass is 9.96. The summed E-state index contributed by atoms with van der Waals surface area (Å²) in [6, 6.07) is 9.93. The number of carbonyl (C=O) groups is 1. The average Bonchev–Trinajstić information content (AvgIpc) is 3.12. The Morgan fingerprint density at radius 2 is 2.08 bits per heavy atom. The van der Waals surface area contributed by atoms with Crippen molar-refractivity contribution in [1.82, 2.24) is 10.5 Å². The number of fused-ring (bicyclic) bond motifs is 1. The van der Waals surface area contributed by atoms with E-state index in [1.807, 2.05) is 30.3 Å². The highest BCUT2D eigenvalue weighted by Crippen LogP contribution is 2.24. The number of aryl methyl sites for hydroxylation is 1. The van der Waals surface area contributed by atoms with Crippen LogP contribution in [0.3, 0.4) is 0 Å². The molecule has 0 spiro atoms. The summed E-state index contributed by atoms with van der Waals surface area (Å²) in [5.41, 5.74) is 2.52. The third kappa shape index (κ3) is 3.81. The maximum atomic E-state index is 12.7. The Labute approximate surface area is 152 Å². The highest BCUT2D eigenvalue weighted by Gasteiger charge is 2.31. The minimum atomic E-state index is -0.171. The Hall–Kier alpha value is -2.18. The van der Waals surface area contributed by atoms with E-state index < -0.39 is 0 Å². The third-order valence-electron chi connectivity index (χ3n) is 5.09. The van der Waals surface area contributed by atoms with Gasteiger partial charge in [-0.3, -0.25) is 4.79 Å². The Bertz CT molecular complexity index is 744. The minimum absolute atomic E-state index is 0.0871. The van der Waals surface area contributed by atoms with Gasteiger partial charge in [-0.25, -0.2) is 0 Å². The van der Waals surface area contributed by atoms with Gasteiger partial charge in [-0.05, 0) is 31.2 Å². The zero-order valence-corrected chi connectivity index (χ0v) is 14.8. The second-order valence-electron chi connectivity index (χ2n) is 6.92. The number of amides is 1. The molecule has 6 heteroatoms. The summed E-state index contributed by atoms with van der Waals surface area (Å²) in [6.07, 6.45) is 4.47. The molecule has 1 aromatic carbocycles. The zero-order chi connectivity index (χ0) is 17.8. The first-order valence-electron chi connectivity index (χ1n) is 9.33. The Morgan fingerprint density at radius 3 is 2.96 bits per heavy atom. The summed E-state index contributed by atoms with van der Waals surface area (Å²) in [6.45, 7) is 1.60. The van der Waals surface area contributed by atoms with Crippen LogP contribution in [0.5, 0.6) is 0 Å². The van der Waals surface area contributed by atoms with Crippen molar-refractivity contribution in [2.24, 2.45) is 0 Å². The van der Waals surface area contributed by atoms with Gasteiger partial charge in [-0.1, -0.05) is 35.5 Å². The van der Waals surface area contributed by atoms with E-state index in [1.54, 1.807) is 0 Å². The van der Waals surface area contributed by atoms with Crippen LogP contribution in [-0.2, 0) is 28.9 Å². The predicted octanol–water partition coefficient (Wildman–Crippen LogP) is 2.66. The third-order valence-corrected chi connectivity index (χ3v) is 5.09. The minimum Gasteiger partial charge on any atom is -0.379 e. The monoisotopic (exact) mass is 356 g/mol. The number of aromatic nitrogens is 1. The van der Waals surface area contributed by atoms with Gasteiger partial charge in [0.15, 0.2) is 5.69 Å². The molecule has 1 fully saturated rings. The standard InChI is InChI=1S/C20H24N2O4/c23-20(19-15-8-4-5-9-17(15)26-22-19)21-16-10-11-24-13-18(16)25-12-14-6-2-1-3-7-14/h1-3,6-7,16,18H,4-5,8-13H2,(H,21,23)/t16-,18-/m1/s1. The van der Waals surface area contributed by atoms with Gasteiger partial charge in [0.05, 0.1) is 19.3 Å². The number of hydrogen-bond donors (Lipinski definition) is 1. The fraction of sp³-hybridized carbons (Fsp3) is 0.500. The van der Waals surface area contributed by atoms with Crippen molar-refractivity contribution in [1.29, 1.82) is 0 Å². The van der Waals surface area contributed by atoms with E-state index in [9.17, 15) is 4.79 Å². The Balaban J connectivity index is 1.40. The van der Waals surface area contributed by atoms with Crippen LogP contribution in [-0.4, -0.2) is 36.4 Å². The number of benzene rings is 1. The highest BCUT2D eigenvalue weighted by atomic mass is 16.5. The van der Waals surface area contributed by atoms with E-state index in [0.29, 0.717) is 25.5 Å². The molecule has 1 saturated heterocycles. The van der Waals surface area contributed by atoms with Crippen LogP contribution in [0.1, 0.15) is 46.6 Å². The van der Waals surface area contributed by atoms with Crippen molar-refractivity contribution in [3.05, 3.63) is 52.9 Å². The first-order valence-corrected chi connectivity index (χ1v) is 9.33. The molecule has 1 N–H and O–H groups in total. The molecule has 2 heterocycles. The number of hydrogen-bond acceptors (Lipinski definition) is 5. The van der Waals surface area contributed by atoms with E-state index in [-0.39, 0.29) is 18.1 Å². The van der Waals surface area contributed by atoms with Crippen molar-refractivity contribution in [3.8, 4) is 0 Å². The smallest absolute Gasteiger partial charge is 0.274 e. The van der Waals surface area contributed by atoms with E-state index in [2.05, 4.69) is 10.5 Å². The summed E-state index contributed by atoms with van der Waals surface area (Å²) >= 11 is 0. The molecule has 6 nitrogen and oxygen atoms in total. The topological polar surface area (TPSA) is 73.6 Å². The molecule has 0 saturated carbocycles. The molecule has 4 rings (SSSR count). The van der Waals surface area contributed by atoms with Gasteiger partial charge in [0.2, 0.25) is 0 Å². The Morgan fingerprint density at radius 1 is 1.23 bits per heavy atom. The number of nitrogens with zero attached hydrogens (tertiary/aromatic N) is 1. The second-order valence-corrected chi connectivity index (χ2v) is 6.92. The molecule has 1 aromatic heterocycles. The molecule has 0 bridgehead atoms. The lowest BCUT2D eigenvalue weighted by Crippen LogP contribution is -2.50. The van der Waals surface area contributed by atoms with Gasteiger partial charge in [0, 0.05) is 18.6 Å². The first kappa shape index (κ1) is 17.2. The second kappa shape index (κ2) is 8.01. The van der Waals surface area contributed by atoms with Crippen LogP contribution < -0.4 is 5.32 Å². The van der Waals surface area contributed by atoms with Crippen molar-refractivity contribution in [3.63, 3.8) is 0 Å². The average molecular weight is 356 g/mol. The van der Waals surface area contributed by atoms with Crippen molar-refractivity contribution >= 4 is 5.91 Å². The van der Waals surface area contributed by atoms with Crippen LogP contribution in [0.4, 0.5) is 0 Å². The first-order chi connectivity index (χ1) is 12.8. The fourth-order valence-electron chi connectivity index (χ4n) is 3.62. The predicted molar refractivity (Wildman–Crippen MR) is 94.9 cm³/mol. The number of ether oxygens (including phenoxy) is 2. The molecule has 138 valence electrons. The van der Waals surface area contributed by atoms with Crippen LogP contribution in [0.25, 0.3) is 0 Å². The van der Waals surface area contributed by atoms with Gasteiger partial charge in [-0.2, -0.15) is 0 Å². The zero-order valence-electron chi connectivity index (χ0n) is 14.8. The molecule has 26 heavy (non-hydrogen) atoms. The molecule has 0 radical (unpaired) electrons. The molecule has 1 aliphatic carbocycles. The lowest BCUT2D eigenvalue weighted by Gasteiger charge is -2.32. The molecular weight excluding hydrogens is 332 g/mol. The molecule has 2 atom stereocenters. The SMILES string of the molecule is O=C(N[C@@H]1CCOC[C@H]1OCc1ccccc1)c1noc2c1CCCC2. The summed E-state index contributed by atoms with van der Waals surface area (Å²) in [7, 11) is 0. The van der Waals surface area contributed by atoms with Crippen molar-refractivity contribution < 1.29 is 18.8 Å². The number of nitrogens with one attached hydrogen (secondary N) is 1. The lowest BCUT2D eigenvalue weighted by molar-refractivity contribution is -0.0736. The number of rotatable bonds is 5. The van der Waals surface area contributed by atoms with Gasteiger partial charge in [-0.15, -0.1) is 0 Å². The van der Waals surface area contributed by atoms with Crippen LogP contribution >= 0.6 is 0 Å². The van der Waals surface area contributed by atoms with Gasteiger partial charge in [0.25, 0.3) is 5.91 Å². The van der Waals surface area contributed by atoms with Gasteiger partial charge in [0.1, 0.15) is 11.9 Å². The van der Waals surface area contributed by atoms with Crippen LogP contribution in [0.2, 0.25) is 0 Å². The normalized spacial score (nSPS) is 22.6. The van der Waals surface area contributed by atoms with Crippen LogP contribution in [0.15, 0.2) is 34.9 Å². The van der Waals surface area contributed by atoms with Crippen molar-refractivity contribution in [2.45, 2.75) is 50.9 Å². The van der Waals surface area contributed by atoms with Crippen LogP contribution in [0, 0.1) is 0 Å². The molecule has 2 aromatic rings. The summed E-state index contributed by atoms with van der Waals surface area (Å²) < 4.78 is 16.9. The van der Waals surface area contributed by atoms with Crippen molar-refractivity contribution in [2.75, 3.05) is 13.2 Å². The summed E-state index contributed by atoms with van der Waals surface area (Å²) in [5.74, 6) is 0.697. The van der Waals surface area contributed by atoms with E-state index in [0.717, 1.165) is 49.0 Å². The quantitative estimate of drug-likeness (QED) is 0.892. The molecule has 1 amide bonds. The molecular formula is C20H24N2O4. The largest absolute Gasteiger partial charge is 0.379 e. The maximum Gasteiger partial charge on any atom is 0.274 e. The Kier molecular flexibility index (Phi) is 5.32. The fourth-order valence-corrected chi connectivity index (χ4v) is 3.62. The maximum absolute atomic E-state index is 12.7. The van der Waals surface area contributed by atoms with E-state index >= 15 is 0 Å².